The molecule has 1 aromatic heterocycles. The van der Waals surface area contributed by atoms with Gasteiger partial charge in [-0.05, 0) is 32.4 Å². The predicted molar refractivity (Wildman–Crippen MR) is 79.0 cm³/mol. The lowest BCUT2D eigenvalue weighted by Crippen LogP contribution is -2.26. The Morgan fingerprint density at radius 3 is 2.55 bits per heavy atom. The summed E-state index contributed by atoms with van der Waals surface area (Å²) in [4.78, 5) is 23.4. The molecule has 0 bridgehead atoms. The molecular formula is C16H17NO3. The number of nitrogens with zero attached hydrogens (tertiary/aromatic N) is 1. The molecule has 0 unspecified atom stereocenters. The number of ether oxygens (including phenoxy) is 1. The second-order valence-electron chi connectivity index (χ2n) is 5.50. The van der Waals surface area contributed by atoms with E-state index in [0.29, 0.717) is 16.5 Å². The van der Waals surface area contributed by atoms with E-state index in [1.807, 2.05) is 12.1 Å². The molecule has 0 saturated carbocycles. The molecular weight excluding hydrogens is 254 g/mol. The van der Waals surface area contributed by atoms with Gasteiger partial charge in [-0.15, -0.1) is 0 Å². The van der Waals surface area contributed by atoms with Gasteiger partial charge in [0.15, 0.2) is 6.29 Å². The third-order valence-electron chi connectivity index (χ3n) is 2.83. The van der Waals surface area contributed by atoms with Crippen LogP contribution in [0.3, 0.4) is 0 Å². The zero-order valence-electron chi connectivity index (χ0n) is 11.8. The van der Waals surface area contributed by atoms with Gasteiger partial charge in [-0.2, -0.15) is 0 Å². The monoisotopic (exact) mass is 271 g/mol. The lowest BCUT2D eigenvalue weighted by atomic mass is 10.1. The quantitative estimate of drug-likeness (QED) is 0.779. The van der Waals surface area contributed by atoms with Gasteiger partial charge in [-0.25, -0.2) is 4.79 Å². The highest BCUT2D eigenvalue weighted by Crippen LogP contribution is 2.26. The average molecular weight is 271 g/mol. The Morgan fingerprint density at radius 2 is 2.00 bits per heavy atom. The van der Waals surface area contributed by atoms with Gasteiger partial charge in [-0.3, -0.25) is 9.36 Å². The molecule has 0 aliphatic heterocycles. The first-order chi connectivity index (χ1) is 9.37. The lowest BCUT2D eigenvalue weighted by molar-refractivity contribution is 0.0544. The van der Waals surface area contributed by atoms with E-state index in [1.165, 1.54) is 10.8 Å². The van der Waals surface area contributed by atoms with E-state index in [-0.39, 0.29) is 0 Å². The first kappa shape index (κ1) is 14.1. The molecule has 0 radical (unpaired) electrons. The van der Waals surface area contributed by atoms with Gasteiger partial charge in [0, 0.05) is 17.1 Å². The number of benzene rings is 1. The van der Waals surface area contributed by atoms with Crippen molar-refractivity contribution in [3.05, 3.63) is 42.1 Å². The Balaban J connectivity index is 2.64. The smallest absolute Gasteiger partial charge is 0.419 e. The molecule has 104 valence electrons. The number of aromatic nitrogens is 1. The van der Waals surface area contributed by atoms with Crippen LogP contribution in [0.5, 0.6) is 0 Å². The molecule has 0 atom stereocenters. The van der Waals surface area contributed by atoms with Crippen LogP contribution in [0, 0.1) is 0 Å². The molecule has 4 nitrogen and oxygen atoms in total. The molecule has 0 amide bonds. The van der Waals surface area contributed by atoms with E-state index in [1.54, 1.807) is 32.9 Å². The summed E-state index contributed by atoms with van der Waals surface area (Å²) >= 11 is 0. The van der Waals surface area contributed by atoms with Crippen molar-refractivity contribution >= 4 is 29.4 Å². The summed E-state index contributed by atoms with van der Waals surface area (Å²) in [5.41, 5.74) is 1.30. The molecule has 20 heavy (non-hydrogen) atoms. The van der Waals surface area contributed by atoms with Crippen molar-refractivity contribution < 1.29 is 14.3 Å². The molecule has 4 heteroatoms. The van der Waals surface area contributed by atoms with E-state index in [9.17, 15) is 9.59 Å². The summed E-state index contributed by atoms with van der Waals surface area (Å²) in [5.74, 6) is 0. The highest BCUT2D eigenvalue weighted by molar-refractivity contribution is 6.05. The van der Waals surface area contributed by atoms with Gasteiger partial charge in [0.1, 0.15) is 5.60 Å². The van der Waals surface area contributed by atoms with E-state index >= 15 is 0 Å². The molecule has 2 aromatic rings. The predicted octanol–water partition coefficient (Wildman–Crippen LogP) is 3.88. The lowest BCUT2D eigenvalue weighted by Gasteiger charge is -2.19. The van der Waals surface area contributed by atoms with Gasteiger partial charge in [0.05, 0.1) is 5.52 Å². The number of carbonyl (C=O) groups excluding carboxylic acids is 2. The highest BCUT2D eigenvalue weighted by atomic mass is 16.6. The van der Waals surface area contributed by atoms with Crippen LogP contribution in [-0.4, -0.2) is 22.5 Å². The summed E-state index contributed by atoms with van der Waals surface area (Å²) in [5, 5.41) is 0.711. The second-order valence-corrected chi connectivity index (χ2v) is 5.50. The average Bonchev–Trinajstić information content (AvgIpc) is 2.75. The molecule has 0 aliphatic rings. The van der Waals surface area contributed by atoms with Crippen molar-refractivity contribution in [3.8, 4) is 0 Å². The molecule has 1 heterocycles. The van der Waals surface area contributed by atoms with E-state index in [2.05, 4.69) is 6.58 Å². The van der Waals surface area contributed by atoms with Gasteiger partial charge in [0.25, 0.3) is 0 Å². The van der Waals surface area contributed by atoms with Crippen LogP contribution < -0.4 is 0 Å². The maximum absolute atomic E-state index is 12.2. The van der Waals surface area contributed by atoms with Gasteiger partial charge in [0.2, 0.25) is 0 Å². The Hall–Kier alpha value is -2.36. The Morgan fingerprint density at radius 1 is 1.30 bits per heavy atom. The molecule has 0 saturated heterocycles. The fraction of sp³-hybridized carbons (Fsp3) is 0.250. The molecule has 2 rings (SSSR count). The minimum atomic E-state index is -0.592. The number of aldehydes is 1. The summed E-state index contributed by atoms with van der Waals surface area (Å²) in [7, 11) is 0. The van der Waals surface area contributed by atoms with Crippen molar-refractivity contribution in [1.29, 1.82) is 0 Å². The summed E-state index contributed by atoms with van der Waals surface area (Å²) in [6.07, 6.45) is 3.39. The van der Waals surface area contributed by atoms with E-state index in [4.69, 9.17) is 4.74 Å². The first-order valence-corrected chi connectivity index (χ1v) is 6.32. The van der Waals surface area contributed by atoms with Crippen molar-refractivity contribution in [2.75, 3.05) is 0 Å². The van der Waals surface area contributed by atoms with E-state index in [0.717, 1.165) is 11.8 Å². The zero-order valence-corrected chi connectivity index (χ0v) is 11.8. The number of fused-ring (bicyclic) bond motifs is 1. The van der Waals surface area contributed by atoms with Crippen molar-refractivity contribution in [3.63, 3.8) is 0 Å². The van der Waals surface area contributed by atoms with Crippen LogP contribution in [0.15, 0.2) is 31.0 Å². The maximum Gasteiger partial charge on any atom is 0.419 e. The van der Waals surface area contributed by atoms with Crippen LogP contribution in [0.4, 0.5) is 4.79 Å². The SMILES string of the molecule is C=Cc1cccc2c1c(C=O)cn2C(=O)OC(C)(C)C. The van der Waals surface area contributed by atoms with Crippen molar-refractivity contribution in [1.82, 2.24) is 4.57 Å². The number of hydrogen-bond acceptors (Lipinski definition) is 3. The number of carbonyl (C=O) groups is 2. The van der Waals surface area contributed by atoms with Crippen LogP contribution >= 0.6 is 0 Å². The fourth-order valence-corrected chi connectivity index (χ4v) is 2.07. The largest absolute Gasteiger partial charge is 0.443 e. The van der Waals surface area contributed by atoms with Gasteiger partial charge in [-0.1, -0.05) is 24.8 Å². The van der Waals surface area contributed by atoms with Gasteiger partial charge >= 0.3 is 6.09 Å². The summed E-state index contributed by atoms with van der Waals surface area (Å²) in [6.45, 7) is 9.12. The Labute approximate surface area is 117 Å². The summed E-state index contributed by atoms with van der Waals surface area (Å²) < 4.78 is 6.70. The topological polar surface area (TPSA) is 48.3 Å². The fourth-order valence-electron chi connectivity index (χ4n) is 2.07. The number of hydrogen-bond donors (Lipinski definition) is 0. The number of rotatable bonds is 2. The van der Waals surface area contributed by atoms with E-state index < -0.39 is 11.7 Å². The van der Waals surface area contributed by atoms with Crippen molar-refractivity contribution in [2.24, 2.45) is 0 Å². The van der Waals surface area contributed by atoms with Crippen molar-refractivity contribution in [2.45, 2.75) is 26.4 Å². The molecule has 1 aromatic carbocycles. The zero-order chi connectivity index (χ0) is 14.9. The third kappa shape index (κ3) is 2.50. The second kappa shape index (κ2) is 4.96. The Bertz CT molecular complexity index is 690. The van der Waals surface area contributed by atoms with Gasteiger partial charge < -0.3 is 4.74 Å². The first-order valence-electron chi connectivity index (χ1n) is 6.32. The van der Waals surface area contributed by atoms with Crippen LogP contribution in [0.25, 0.3) is 17.0 Å². The molecule has 0 aliphatic carbocycles. The normalized spacial score (nSPS) is 11.3. The highest BCUT2D eigenvalue weighted by Gasteiger charge is 2.21. The maximum atomic E-state index is 12.2. The minimum absolute atomic E-state index is 0.446. The summed E-state index contributed by atoms with van der Waals surface area (Å²) in [6, 6.07) is 5.44. The standard InChI is InChI=1S/C16H17NO3/c1-5-11-7-6-8-13-14(11)12(10-18)9-17(13)15(19)20-16(2,3)4/h5-10H,1H2,2-4H3. The van der Waals surface area contributed by atoms with Crippen LogP contribution in [0.1, 0.15) is 36.7 Å². The third-order valence-corrected chi connectivity index (χ3v) is 2.83. The van der Waals surface area contributed by atoms with Crippen LogP contribution in [0.2, 0.25) is 0 Å². The molecule has 0 fully saturated rings. The minimum Gasteiger partial charge on any atom is -0.443 e. The molecule has 0 N–H and O–H groups in total. The van der Waals surface area contributed by atoms with Crippen LogP contribution in [-0.2, 0) is 4.74 Å². The Kier molecular flexibility index (Phi) is 3.49. The molecule has 0 spiro atoms.